The van der Waals surface area contributed by atoms with Gasteiger partial charge in [0, 0.05) is 16.6 Å². The number of benzene rings is 1. The van der Waals surface area contributed by atoms with Crippen molar-refractivity contribution in [1.82, 2.24) is 9.97 Å². The van der Waals surface area contributed by atoms with Crippen LogP contribution in [0.5, 0.6) is 0 Å². The third-order valence-electron chi connectivity index (χ3n) is 2.75. The van der Waals surface area contributed by atoms with Crippen LogP contribution >= 0.6 is 11.3 Å². The van der Waals surface area contributed by atoms with Crippen molar-refractivity contribution in [2.75, 3.05) is 5.32 Å². The van der Waals surface area contributed by atoms with Crippen LogP contribution in [0.1, 0.15) is 10.8 Å². The molecular weight excluding hydrogens is 258 g/mol. The van der Waals surface area contributed by atoms with E-state index in [0.29, 0.717) is 6.54 Å². The van der Waals surface area contributed by atoms with Gasteiger partial charge in [0.15, 0.2) is 6.39 Å². The van der Waals surface area contributed by atoms with Gasteiger partial charge in [-0.1, -0.05) is 12.1 Å². The number of hydrogen-bond acceptors (Lipinski definition) is 5. The van der Waals surface area contributed by atoms with Crippen molar-refractivity contribution in [3.63, 3.8) is 0 Å². The minimum atomic E-state index is 0.634. The zero-order valence-corrected chi connectivity index (χ0v) is 11.3. The molecule has 0 saturated carbocycles. The van der Waals surface area contributed by atoms with Gasteiger partial charge in [0.25, 0.3) is 0 Å². The highest BCUT2D eigenvalue weighted by Crippen LogP contribution is 2.23. The Morgan fingerprint density at radius 3 is 2.74 bits per heavy atom. The van der Waals surface area contributed by atoms with E-state index in [-0.39, 0.29) is 0 Å². The Labute approximate surface area is 115 Å². The second kappa shape index (κ2) is 5.24. The summed E-state index contributed by atoms with van der Waals surface area (Å²) in [7, 11) is 0. The maximum Gasteiger partial charge on any atom is 0.180 e. The lowest BCUT2D eigenvalue weighted by Crippen LogP contribution is -1.97. The molecule has 4 nitrogen and oxygen atoms in total. The smallest absolute Gasteiger partial charge is 0.180 e. The van der Waals surface area contributed by atoms with Gasteiger partial charge in [-0.3, -0.25) is 0 Å². The topological polar surface area (TPSA) is 51.0 Å². The Morgan fingerprint density at radius 1 is 1.26 bits per heavy atom. The van der Waals surface area contributed by atoms with Crippen LogP contribution in [0, 0.1) is 6.92 Å². The molecular formula is C14H13N3OS. The Morgan fingerprint density at radius 2 is 2.11 bits per heavy atom. The SMILES string of the molecule is Cc1nc(-c2ccc(NCc3cnco3)cc2)cs1. The number of anilines is 1. The highest BCUT2D eigenvalue weighted by Gasteiger charge is 2.02. The first-order valence-corrected chi connectivity index (χ1v) is 6.83. The molecule has 96 valence electrons. The summed E-state index contributed by atoms with van der Waals surface area (Å²) >= 11 is 1.67. The molecule has 0 aliphatic rings. The number of oxazole rings is 1. The van der Waals surface area contributed by atoms with Crippen molar-refractivity contribution in [3.05, 3.63) is 53.0 Å². The molecule has 1 N–H and O–H groups in total. The van der Waals surface area contributed by atoms with Crippen LogP contribution < -0.4 is 5.32 Å². The fourth-order valence-corrected chi connectivity index (χ4v) is 2.40. The lowest BCUT2D eigenvalue weighted by Gasteiger charge is -2.04. The van der Waals surface area contributed by atoms with E-state index in [4.69, 9.17) is 4.42 Å². The predicted molar refractivity (Wildman–Crippen MR) is 76.1 cm³/mol. The zero-order chi connectivity index (χ0) is 13.1. The number of hydrogen-bond donors (Lipinski definition) is 1. The Bertz CT molecular complexity index is 644. The minimum Gasteiger partial charge on any atom is -0.447 e. The molecule has 1 aromatic carbocycles. The number of nitrogens with zero attached hydrogens (tertiary/aromatic N) is 2. The van der Waals surface area contributed by atoms with E-state index in [9.17, 15) is 0 Å². The fourth-order valence-electron chi connectivity index (χ4n) is 1.77. The van der Waals surface area contributed by atoms with Crippen LogP contribution in [0.15, 0.2) is 46.7 Å². The van der Waals surface area contributed by atoms with Gasteiger partial charge in [-0.05, 0) is 19.1 Å². The molecule has 0 bridgehead atoms. The Hall–Kier alpha value is -2.14. The standard InChI is InChI=1S/C14H13N3OS/c1-10-17-14(8-19-10)11-2-4-12(5-3-11)16-7-13-6-15-9-18-13/h2-6,8-9,16H,7H2,1H3. The molecule has 0 amide bonds. The van der Waals surface area contributed by atoms with Crippen LogP contribution in [-0.4, -0.2) is 9.97 Å². The molecule has 0 unspecified atom stereocenters. The van der Waals surface area contributed by atoms with Crippen molar-refractivity contribution in [1.29, 1.82) is 0 Å². The van der Waals surface area contributed by atoms with E-state index in [2.05, 4.69) is 32.8 Å². The number of nitrogens with one attached hydrogen (secondary N) is 1. The van der Waals surface area contributed by atoms with E-state index < -0.39 is 0 Å². The van der Waals surface area contributed by atoms with Crippen LogP contribution in [-0.2, 0) is 6.54 Å². The van der Waals surface area contributed by atoms with E-state index in [0.717, 1.165) is 27.7 Å². The second-order valence-electron chi connectivity index (χ2n) is 4.15. The number of aryl methyl sites for hydroxylation is 1. The third-order valence-corrected chi connectivity index (χ3v) is 3.52. The van der Waals surface area contributed by atoms with E-state index in [1.165, 1.54) is 6.39 Å². The molecule has 2 aromatic heterocycles. The summed E-state index contributed by atoms with van der Waals surface area (Å²) in [5.41, 5.74) is 3.21. The predicted octanol–water partition coefficient (Wildman–Crippen LogP) is 3.72. The number of aromatic nitrogens is 2. The van der Waals surface area contributed by atoms with Gasteiger partial charge in [0.2, 0.25) is 0 Å². The summed E-state index contributed by atoms with van der Waals surface area (Å²) in [5, 5.41) is 6.44. The average Bonchev–Trinajstić information content (AvgIpc) is 3.08. The van der Waals surface area contributed by atoms with Gasteiger partial charge in [0.1, 0.15) is 5.76 Å². The quantitative estimate of drug-likeness (QED) is 0.785. The van der Waals surface area contributed by atoms with Gasteiger partial charge in [-0.25, -0.2) is 9.97 Å². The molecule has 0 aliphatic carbocycles. The van der Waals surface area contributed by atoms with Gasteiger partial charge in [0.05, 0.1) is 23.4 Å². The summed E-state index contributed by atoms with van der Waals surface area (Å²) in [6.45, 7) is 2.65. The molecule has 0 atom stereocenters. The van der Waals surface area contributed by atoms with E-state index in [1.807, 2.05) is 19.1 Å². The van der Waals surface area contributed by atoms with Gasteiger partial charge < -0.3 is 9.73 Å². The normalized spacial score (nSPS) is 10.6. The van der Waals surface area contributed by atoms with Crippen molar-refractivity contribution < 1.29 is 4.42 Å². The van der Waals surface area contributed by atoms with Gasteiger partial charge in [-0.2, -0.15) is 0 Å². The Kier molecular flexibility index (Phi) is 3.29. The highest BCUT2D eigenvalue weighted by molar-refractivity contribution is 7.09. The van der Waals surface area contributed by atoms with Gasteiger partial charge in [-0.15, -0.1) is 11.3 Å². The molecule has 0 saturated heterocycles. The Balaban J connectivity index is 1.69. The lowest BCUT2D eigenvalue weighted by molar-refractivity contribution is 0.512. The third kappa shape index (κ3) is 2.82. The van der Waals surface area contributed by atoms with Crippen molar-refractivity contribution >= 4 is 17.0 Å². The molecule has 5 heteroatoms. The molecule has 19 heavy (non-hydrogen) atoms. The molecule has 0 aliphatic heterocycles. The number of thiazole rings is 1. The van der Waals surface area contributed by atoms with Crippen LogP contribution in [0.2, 0.25) is 0 Å². The zero-order valence-electron chi connectivity index (χ0n) is 10.5. The summed E-state index contributed by atoms with van der Waals surface area (Å²) < 4.78 is 5.17. The molecule has 3 rings (SSSR count). The summed E-state index contributed by atoms with van der Waals surface area (Å²) in [6, 6.07) is 8.22. The van der Waals surface area contributed by atoms with Crippen molar-refractivity contribution in [2.45, 2.75) is 13.5 Å². The summed E-state index contributed by atoms with van der Waals surface area (Å²) in [4.78, 5) is 8.35. The lowest BCUT2D eigenvalue weighted by atomic mass is 10.1. The minimum absolute atomic E-state index is 0.634. The number of rotatable bonds is 4. The fraction of sp³-hybridized carbons (Fsp3) is 0.143. The molecule has 0 radical (unpaired) electrons. The largest absolute Gasteiger partial charge is 0.447 e. The first-order chi connectivity index (χ1) is 9.31. The summed E-state index contributed by atoms with van der Waals surface area (Å²) in [6.07, 6.45) is 3.14. The summed E-state index contributed by atoms with van der Waals surface area (Å²) in [5.74, 6) is 0.819. The second-order valence-corrected chi connectivity index (χ2v) is 5.21. The average molecular weight is 271 g/mol. The maximum absolute atomic E-state index is 5.17. The monoisotopic (exact) mass is 271 g/mol. The highest BCUT2D eigenvalue weighted by atomic mass is 32.1. The first-order valence-electron chi connectivity index (χ1n) is 5.95. The van der Waals surface area contributed by atoms with Crippen LogP contribution in [0.3, 0.4) is 0 Å². The van der Waals surface area contributed by atoms with E-state index >= 15 is 0 Å². The molecule has 0 fully saturated rings. The van der Waals surface area contributed by atoms with E-state index in [1.54, 1.807) is 17.5 Å². The molecule has 3 aromatic rings. The maximum atomic E-state index is 5.17. The first kappa shape index (κ1) is 11.9. The van der Waals surface area contributed by atoms with Crippen molar-refractivity contribution in [3.8, 4) is 11.3 Å². The van der Waals surface area contributed by atoms with Crippen LogP contribution in [0.25, 0.3) is 11.3 Å². The van der Waals surface area contributed by atoms with Crippen LogP contribution in [0.4, 0.5) is 5.69 Å². The molecule has 0 spiro atoms. The molecule has 2 heterocycles. The van der Waals surface area contributed by atoms with Gasteiger partial charge >= 0.3 is 0 Å². The van der Waals surface area contributed by atoms with Crippen molar-refractivity contribution in [2.24, 2.45) is 0 Å².